The van der Waals surface area contributed by atoms with Crippen LogP contribution in [-0.4, -0.2) is 11.3 Å². The first-order valence-electron chi connectivity index (χ1n) is 3.73. The summed E-state index contributed by atoms with van der Waals surface area (Å²) in [6, 6.07) is 1.10. The van der Waals surface area contributed by atoms with Crippen molar-refractivity contribution in [2.75, 3.05) is 0 Å². The minimum Gasteiger partial charge on any atom is -0.375 e. The highest BCUT2D eigenvalue weighted by molar-refractivity contribution is 7.80. The van der Waals surface area contributed by atoms with Crippen molar-refractivity contribution in [2.45, 2.75) is 0 Å². The topological polar surface area (TPSA) is 50.4 Å². The van der Waals surface area contributed by atoms with E-state index in [0.29, 0.717) is 12.1 Å². The molecule has 0 spiro atoms. The molecule has 7 heteroatoms. The third-order valence-electron chi connectivity index (χ3n) is 1.42. The van der Waals surface area contributed by atoms with Crippen LogP contribution >= 0.6 is 12.2 Å². The van der Waals surface area contributed by atoms with Gasteiger partial charge in [-0.05, 0) is 18.3 Å². The first-order chi connectivity index (χ1) is 7.00. The van der Waals surface area contributed by atoms with E-state index in [2.05, 4.69) is 22.7 Å². The maximum Gasteiger partial charge on any atom is 0.184 e. The lowest BCUT2D eigenvalue weighted by Gasteiger charge is -1.98. The van der Waals surface area contributed by atoms with Crippen molar-refractivity contribution in [3.8, 4) is 0 Å². The predicted octanol–water partition coefficient (Wildman–Crippen LogP) is 1.27. The number of nitrogens with two attached hydrogens (primary N) is 1. The fraction of sp³-hybridized carbons (Fsp3) is 0. The van der Waals surface area contributed by atoms with E-state index in [1.807, 2.05) is 0 Å². The second-order valence-electron chi connectivity index (χ2n) is 2.52. The van der Waals surface area contributed by atoms with Crippen LogP contribution in [0.4, 0.5) is 13.2 Å². The fourth-order valence-electron chi connectivity index (χ4n) is 0.802. The Labute approximate surface area is 88.8 Å². The lowest BCUT2D eigenvalue weighted by atomic mass is 10.2. The molecule has 0 saturated carbocycles. The summed E-state index contributed by atoms with van der Waals surface area (Å²) in [6.45, 7) is 0. The van der Waals surface area contributed by atoms with Crippen molar-refractivity contribution in [2.24, 2.45) is 10.8 Å². The van der Waals surface area contributed by atoms with E-state index >= 15 is 0 Å². The molecule has 1 aromatic carbocycles. The minimum atomic E-state index is -1.26. The number of thiocarbonyl (C=S) groups is 1. The van der Waals surface area contributed by atoms with Crippen LogP contribution in [0.15, 0.2) is 17.2 Å². The van der Waals surface area contributed by atoms with Crippen LogP contribution in [0.2, 0.25) is 0 Å². The molecule has 15 heavy (non-hydrogen) atoms. The van der Waals surface area contributed by atoms with Gasteiger partial charge in [0.25, 0.3) is 0 Å². The highest BCUT2D eigenvalue weighted by atomic mass is 32.1. The van der Waals surface area contributed by atoms with E-state index in [1.54, 1.807) is 0 Å². The molecule has 0 aliphatic rings. The molecular weight excluding hydrogens is 227 g/mol. The molecule has 0 saturated heterocycles. The molecule has 0 aliphatic carbocycles. The van der Waals surface area contributed by atoms with E-state index in [-0.39, 0.29) is 10.7 Å². The number of hydrogen-bond acceptors (Lipinski definition) is 2. The van der Waals surface area contributed by atoms with E-state index in [9.17, 15) is 13.2 Å². The van der Waals surface area contributed by atoms with Crippen LogP contribution in [0.5, 0.6) is 0 Å². The largest absolute Gasteiger partial charge is 0.375 e. The van der Waals surface area contributed by atoms with E-state index in [4.69, 9.17) is 5.73 Å². The standard InChI is InChI=1S/C8H6F3N3S/c9-5-2-7(11)6(10)1-4(5)3-13-14-8(12)15/h1-3H,(H3,12,14,15). The normalized spacial score (nSPS) is 10.6. The van der Waals surface area contributed by atoms with Gasteiger partial charge in [0.1, 0.15) is 5.82 Å². The summed E-state index contributed by atoms with van der Waals surface area (Å²) in [5.41, 5.74) is 6.97. The smallest absolute Gasteiger partial charge is 0.184 e. The molecule has 1 aromatic rings. The zero-order chi connectivity index (χ0) is 11.4. The number of nitrogens with one attached hydrogen (secondary N) is 1. The summed E-state index contributed by atoms with van der Waals surface area (Å²) in [5.74, 6) is -3.34. The van der Waals surface area contributed by atoms with Crippen LogP contribution in [0.3, 0.4) is 0 Å². The molecule has 0 atom stereocenters. The average Bonchev–Trinajstić information content (AvgIpc) is 2.13. The Hall–Kier alpha value is -1.63. The molecule has 0 heterocycles. The van der Waals surface area contributed by atoms with Crippen LogP contribution in [-0.2, 0) is 0 Å². The maximum absolute atomic E-state index is 13.0. The summed E-state index contributed by atoms with van der Waals surface area (Å²) in [6.07, 6.45) is 0.941. The van der Waals surface area contributed by atoms with Crippen molar-refractivity contribution in [1.82, 2.24) is 5.43 Å². The van der Waals surface area contributed by atoms with Gasteiger partial charge in [0.2, 0.25) is 0 Å². The van der Waals surface area contributed by atoms with Gasteiger partial charge in [0, 0.05) is 11.6 Å². The SMILES string of the molecule is NC(=S)NN=Cc1cc(F)c(F)cc1F. The first-order valence-corrected chi connectivity index (χ1v) is 4.14. The van der Waals surface area contributed by atoms with Crippen molar-refractivity contribution < 1.29 is 13.2 Å². The summed E-state index contributed by atoms with van der Waals surface area (Å²) >= 11 is 4.42. The van der Waals surface area contributed by atoms with Crippen LogP contribution in [0.1, 0.15) is 5.56 Å². The number of rotatable bonds is 2. The zero-order valence-electron chi connectivity index (χ0n) is 7.30. The van der Waals surface area contributed by atoms with Crippen molar-refractivity contribution >= 4 is 23.5 Å². The number of benzene rings is 1. The quantitative estimate of drug-likeness (QED) is 0.350. The molecule has 0 fully saturated rings. The molecule has 0 bridgehead atoms. The van der Waals surface area contributed by atoms with E-state index < -0.39 is 17.5 Å². The summed E-state index contributed by atoms with van der Waals surface area (Å²) < 4.78 is 38.1. The number of hydrazone groups is 1. The van der Waals surface area contributed by atoms with E-state index in [0.717, 1.165) is 6.21 Å². The maximum atomic E-state index is 13.0. The van der Waals surface area contributed by atoms with E-state index in [1.165, 1.54) is 0 Å². The van der Waals surface area contributed by atoms with Crippen molar-refractivity contribution in [3.63, 3.8) is 0 Å². The highest BCUT2D eigenvalue weighted by Crippen LogP contribution is 2.11. The molecule has 3 N–H and O–H groups in total. The molecule has 3 nitrogen and oxygen atoms in total. The Balaban J connectivity index is 2.90. The highest BCUT2D eigenvalue weighted by Gasteiger charge is 2.07. The van der Waals surface area contributed by atoms with Crippen LogP contribution in [0, 0.1) is 17.5 Å². The molecule has 0 aromatic heterocycles. The van der Waals surface area contributed by atoms with Crippen LogP contribution < -0.4 is 11.2 Å². The number of hydrogen-bond donors (Lipinski definition) is 2. The van der Waals surface area contributed by atoms with Gasteiger partial charge in [-0.1, -0.05) is 0 Å². The van der Waals surface area contributed by atoms with Gasteiger partial charge in [-0.2, -0.15) is 5.10 Å². The van der Waals surface area contributed by atoms with Crippen LogP contribution in [0.25, 0.3) is 0 Å². The third-order valence-corrected chi connectivity index (χ3v) is 1.51. The summed E-state index contributed by atoms with van der Waals surface area (Å²) in [5, 5.41) is 3.29. The average molecular weight is 233 g/mol. The molecule has 0 aliphatic heterocycles. The van der Waals surface area contributed by atoms with Gasteiger partial charge in [-0.3, -0.25) is 5.43 Å². The minimum absolute atomic E-state index is 0.116. The Bertz CT molecular complexity index is 420. The number of halogens is 3. The van der Waals surface area contributed by atoms with Gasteiger partial charge < -0.3 is 5.73 Å². The Morgan fingerprint density at radius 3 is 2.47 bits per heavy atom. The second kappa shape index (κ2) is 4.74. The zero-order valence-corrected chi connectivity index (χ0v) is 8.12. The summed E-state index contributed by atoms with van der Waals surface area (Å²) in [7, 11) is 0. The molecule has 0 radical (unpaired) electrons. The Morgan fingerprint density at radius 1 is 1.27 bits per heavy atom. The van der Waals surface area contributed by atoms with Gasteiger partial charge in [-0.15, -0.1) is 0 Å². The molecule has 0 unspecified atom stereocenters. The molecule has 0 amide bonds. The molecule has 80 valence electrons. The lowest BCUT2D eigenvalue weighted by Crippen LogP contribution is -2.24. The van der Waals surface area contributed by atoms with Crippen molar-refractivity contribution in [1.29, 1.82) is 0 Å². The number of nitrogens with zero attached hydrogens (tertiary/aromatic N) is 1. The third kappa shape index (κ3) is 3.21. The molecule has 1 rings (SSSR count). The Morgan fingerprint density at radius 2 is 1.87 bits per heavy atom. The van der Waals surface area contributed by atoms with Gasteiger partial charge in [-0.25, -0.2) is 13.2 Å². The van der Waals surface area contributed by atoms with Crippen molar-refractivity contribution in [3.05, 3.63) is 35.1 Å². The van der Waals surface area contributed by atoms with Gasteiger partial charge in [0.15, 0.2) is 16.7 Å². The first kappa shape index (κ1) is 11.4. The van der Waals surface area contributed by atoms with Gasteiger partial charge in [0.05, 0.1) is 6.21 Å². The molecular formula is C8H6F3N3S. The lowest BCUT2D eigenvalue weighted by molar-refractivity contribution is 0.494. The second-order valence-corrected chi connectivity index (χ2v) is 2.96. The van der Waals surface area contributed by atoms with Gasteiger partial charge >= 0.3 is 0 Å². The Kier molecular flexibility index (Phi) is 3.62. The summed E-state index contributed by atoms with van der Waals surface area (Å²) in [4.78, 5) is 0. The predicted molar refractivity (Wildman–Crippen MR) is 53.8 cm³/mol. The monoisotopic (exact) mass is 233 g/mol. The fourth-order valence-corrected chi connectivity index (χ4v) is 0.855.